The lowest BCUT2D eigenvalue weighted by Gasteiger charge is -2.16. The molecule has 3 aromatic rings. The van der Waals surface area contributed by atoms with Crippen LogP contribution in [0, 0.1) is 0 Å². The van der Waals surface area contributed by atoms with Crippen molar-refractivity contribution in [1.82, 2.24) is 9.47 Å². The molecule has 0 saturated carbocycles. The largest absolute Gasteiger partial charge is 0.465 e. The highest BCUT2D eigenvalue weighted by atomic mass is 16.4. The second-order valence-electron chi connectivity index (χ2n) is 6.71. The Bertz CT molecular complexity index is 995. The third-order valence-corrected chi connectivity index (χ3v) is 5.07. The number of fused-ring (bicyclic) bond motifs is 3. The number of carboxylic acid groups (broad SMARTS) is 1. The van der Waals surface area contributed by atoms with Crippen molar-refractivity contribution in [2.75, 3.05) is 18.4 Å². The highest BCUT2D eigenvalue weighted by Gasteiger charge is 2.24. The fraction of sp³-hybridized carbons (Fsp3) is 0.238. The number of aromatic nitrogens is 1. The zero-order chi connectivity index (χ0) is 18.8. The summed E-state index contributed by atoms with van der Waals surface area (Å²) in [5.74, 6) is -0.0934. The van der Waals surface area contributed by atoms with Gasteiger partial charge in [-0.15, -0.1) is 0 Å². The number of nitrogens with zero attached hydrogens (tertiary/aromatic N) is 2. The topological polar surface area (TPSA) is 74.6 Å². The monoisotopic (exact) mass is 363 g/mol. The number of benzene rings is 2. The molecule has 27 heavy (non-hydrogen) atoms. The molecule has 2 N–H and O–H groups in total. The van der Waals surface area contributed by atoms with Crippen LogP contribution in [0.2, 0.25) is 0 Å². The summed E-state index contributed by atoms with van der Waals surface area (Å²) in [5, 5.41) is 13.4. The molecular formula is C21H21N3O3. The maximum atomic E-state index is 12.6. The number of carbonyl (C=O) groups excluding carboxylic acids is 1. The van der Waals surface area contributed by atoms with E-state index in [1.165, 1.54) is 4.90 Å². The highest BCUT2D eigenvalue weighted by Crippen LogP contribution is 2.29. The van der Waals surface area contributed by atoms with Gasteiger partial charge in [0.1, 0.15) is 6.54 Å². The van der Waals surface area contributed by atoms with E-state index in [0.29, 0.717) is 25.9 Å². The first-order valence-electron chi connectivity index (χ1n) is 9.05. The van der Waals surface area contributed by atoms with Crippen molar-refractivity contribution in [3.05, 3.63) is 65.9 Å². The molecule has 2 aromatic carbocycles. The molecule has 0 unspecified atom stereocenters. The Morgan fingerprint density at radius 2 is 1.67 bits per heavy atom. The van der Waals surface area contributed by atoms with E-state index in [4.69, 9.17) is 0 Å². The fourth-order valence-corrected chi connectivity index (χ4v) is 3.83. The van der Waals surface area contributed by atoms with Crippen LogP contribution in [0.1, 0.15) is 11.3 Å². The fourth-order valence-electron chi connectivity index (χ4n) is 3.83. The van der Waals surface area contributed by atoms with E-state index < -0.39 is 6.09 Å². The van der Waals surface area contributed by atoms with Gasteiger partial charge in [0.25, 0.3) is 0 Å². The van der Waals surface area contributed by atoms with E-state index in [9.17, 15) is 14.7 Å². The Kier molecular flexibility index (Phi) is 4.54. The molecule has 1 aliphatic rings. The molecule has 6 nitrogen and oxygen atoms in total. The van der Waals surface area contributed by atoms with Crippen molar-refractivity contribution in [3.63, 3.8) is 0 Å². The lowest BCUT2D eigenvalue weighted by atomic mass is 10.1. The Morgan fingerprint density at radius 3 is 2.44 bits per heavy atom. The smallest absolute Gasteiger partial charge is 0.407 e. The predicted octanol–water partition coefficient (Wildman–Crippen LogP) is 3.36. The van der Waals surface area contributed by atoms with Gasteiger partial charge in [-0.2, -0.15) is 0 Å². The van der Waals surface area contributed by atoms with E-state index in [1.807, 2.05) is 53.1 Å². The molecule has 1 aromatic heterocycles. The summed E-state index contributed by atoms with van der Waals surface area (Å²) in [6.45, 7) is 1.13. The lowest BCUT2D eigenvalue weighted by Crippen LogP contribution is -2.32. The van der Waals surface area contributed by atoms with Crippen LogP contribution in [-0.2, 0) is 24.2 Å². The number of amides is 2. The molecule has 6 heteroatoms. The lowest BCUT2D eigenvalue weighted by molar-refractivity contribution is -0.116. The third kappa shape index (κ3) is 3.38. The summed E-state index contributed by atoms with van der Waals surface area (Å²) in [5.41, 5.74) is 4.00. The van der Waals surface area contributed by atoms with Crippen LogP contribution >= 0.6 is 0 Å². The molecule has 138 valence electrons. The molecule has 1 aliphatic heterocycles. The predicted molar refractivity (Wildman–Crippen MR) is 104 cm³/mol. The number of nitrogens with one attached hydrogen (secondary N) is 1. The minimum atomic E-state index is -0.891. The van der Waals surface area contributed by atoms with E-state index in [-0.39, 0.29) is 12.5 Å². The van der Waals surface area contributed by atoms with Gasteiger partial charge < -0.3 is 19.9 Å². The van der Waals surface area contributed by atoms with Gasteiger partial charge in [-0.05, 0) is 30.2 Å². The molecule has 2 amide bonds. The molecule has 0 saturated heterocycles. The first-order chi connectivity index (χ1) is 13.1. The second kappa shape index (κ2) is 7.15. The van der Waals surface area contributed by atoms with Gasteiger partial charge in [0.2, 0.25) is 5.91 Å². The summed E-state index contributed by atoms with van der Waals surface area (Å²) in [7, 11) is 0. The van der Waals surface area contributed by atoms with Crippen molar-refractivity contribution < 1.29 is 14.7 Å². The van der Waals surface area contributed by atoms with E-state index in [1.54, 1.807) is 0 Å². The van der Waals surface area contributed by atoms with Crippen molar-refractivity contribution >= 4 is 28.6 Å². The zero-order valence-corrected chi connectivity index (χ0v) is 14.9. The molecule has 0 radical (unpaired) electrons. The van der Waals surface area contributed by atoms with Gasteiger partial charge in [0.05, 0.1) is 0 Å². The van der Waals surface area contributed by atoms with Gasteiger partial charge >= 0.3 is 6.09 Å². The Morgan fingerprint density at radius 1 is 0.963 bits per heavy atom. The maximum Gasteiger partial charge on any atom is 0.407 e. The standard InChI is InChI=1S/C21H21N3O3/c25-20(22-15-6-2-1-3-7-15)14-24-18-9-5-4-8-16(18)17-10-12-23(21(26)27)13-11-19(17)24/h1-9H,10-14H2,(H,22,25)(H,26,27). The van der Waals surface area contributed by atoms with Crippen molar-refractivity contribution in [1.29, 1.82) is 0 Å². The van der Waals surface area contributed by atoms with Gasteiger partial charge in [-0.1, -0.05) is 36.4 Å². The SMILES string of the molecule is O=C(Cn1c2c(c3ccccc31)CCN(C(=O)O)CC2)Nc1ccccc1. The maximum absolute atomic E-state index is 12.6. The zero-order valence-electron chi connectivity index (χ0n) is 14.9. The second-order valence-corrected chi connectivity index (χ2v) is 6.71. The van der Waals surface area contributed by atoms with Crippen molar-refractivity contribution in [3.8, 4) is 0 Å². The number of hydrogen-bond acceptors (Lipinski definition) is 2. The minimum absolute atomic E-state index is 0.0934. The summed E-state index contributed by atoms with van der Waals surface area (Å²) in [4.78, 5) is 25.4. The first kappa shape index (κ1) is 17.1. The Balaban J connectivity index is 1.66. The third-order valence-electron chi connectivity index (χ3n) is 5.07. The van der Waals surface area contributed by atoms with Crippen LogP contribution in [0.15, 0.2) is 54.6 Å². The van der Waals surface area contributed by atoms with Gasteiger partial charge in [-0.25, -0.2) is 4.79 Å². The minimum Gasteiger partial charge on any atom is -0.465 e. The quantitative estimate of drug-likeness (QED) is 0.749. The van der Waals surface area contributed by atoms with E-state index in [0.717, 1.165) is 27.8 Å². The number of anilines is 1. The summed E-state index contributed by atoms with van der Waals surface area (Å²) in [6.07, 6.45) is 0.377. The highest BCUT2D eigenvalue weighted by molar-refractivity contribution is 5.93. The Hall–Kier alpha value is -3.28. The van der Waals surface area contributed by atoms with Crippen molar-refractivity contribution in [2.45, 2.75) is 19.4 Å². The van der Waals surface area contributed by atoms with Crippen LogP contribution < -0.4 is 5.32 Å². The molecular weight excluding hydrogens is 342 g/mol. The number of rotatable bonds is 3. The molecule has 0 bridgehead atoms. The van der Waals surface area contributed by atoms with Crippen LogP contribution in [0.4, 0.5) is 10.5 Å². The average Bonchev–Trinajstić information content (AvgIpc) is 2.82. The average molecular weight is 363 g/mol. The molecule has 0 spiro atoms. The van der Waals surface area contributed by atoms with Crippen LogP contribution in [0.3, 0.4) is 0 Å². The summed E-state index contributed by atoms with van der Waals surface area (Å²) >= 11 is 0. The molecule has 4 rings (SSSR count). The molecule has 2 heterocycles. The van der Waals surface area contributed by atoms with E-state index >= 15 is 0 Å². The summed E-state index contributed by atoms with van der Waals surface area (Å²) < 4.78 is 2.04. The van der Waals surface area contributed by atoms with Gasteiger partial charge in [-0.3, -0.25) is 4.79 Å². The number of para-hydroxylation sites is 2. The van der Waals surface area contributed by atoms with E-state index in [2.05, 4.69) is 11.4 Å². The first-order valence-corrected chi connectivity index (χ1v) is 9.05. The number of hydrogen-bond donors (Lipinski definition) is 2. The Labute approximate surface area is 157 Å². The van der Waals surface area contributed by atoms with Crippen LogP contribution in [-0.4, -0.2) is 39.7 Å². The summed E-state index contributed by atoms with van der Waals surface area (Å²) in [6, 6.07) is 17.4. The normalized spacial score (nSPS) is 13.9. The molecule has 0 atom stereocenters. The van der Waals surface area contributed by atoms with Crippen LogP contribution in [0.25, 0.3) is 10.9 Å². The molecule has 0 aliphatic carbocycles. The van der Waals surface area contributed by atoms with Gasteiger partial charge in [0, 0.05) is 41.8 Å². The number of carbonyl (C=O) groups is 2. The van der Waals surface area contributed by atoms with Crippen LogP contribution in [0.5, 0.6) is 0 Å². The molecule has 0 fully saturated rings. The van der Waals surface area contributed by atoms with Gasteiger partial charge in [0.15, 0.2) is 0 Å². The van der Waals surface area contributed by atoms with Crippen molar-refractivity contribution in [2.24, 2.45) is 0 Å².